The number of nitrogens with zero attached hydrogens (tertiary/aromatic N) is 3. The van der Waals surface area contributed by atoms with E-state index in [0.717, 1.165) is 0 Å². The fourth-order valence-electron chi connectivity index (χ4n) is 4.20. The van der Waals surface area contributed by atoms with Crippen LogP contribution in [0.3, 0.4) is 0 Å². The van der Waals surface area contributed by atoms with Crippen LogP contribution in [0.15, 0.2) is 70.2 Å². The molecule has 1 aliphatic rings. The highest BCUT2D eigenvalue weighted by Crippen LogP contribution is 2.32. The average molecular weight is 530 g/mol. The smallest absolute Gasteiger partial charge is 0.260 e. The van der Waals surface area contributed by atoms with Crippen molar-refractivity contribution in [3.8, 4) is 0 Å². The maximum Gasteiger partial charge on any atom is 0.260 e. The number of aromatic nitrogens is 1. The van der Waals surface area contributed by atoms with Crippen molar-refractivity contribution in [3.05, 3.63) is 78.0 Å². The molecule has 1 aliphatic heterocycles. The lowest BCUT2D eigenvalue weighted by Crippen LogP contribution is -2.48. The normalized spacial score (nSPS) is 19.0. The van der Waals surface area contributed by atoms with E-state index in [1.807, 2.05) is 13.8 Å². The number of carbonyl (C=O) groups is 1. The molecule has 0 radical (unpaired) electrons. The van der Waals surface area contributed by atoms with Crippen molar-refractivity contribution in [1.82, 2.24) is 9.29 Å². The molecule has 2 aromatic heterocycles. The number of benzene rings is 2. The van der Waals surface area contributed by atoms with Gasteiger partial charge in [-0.15, -0.1) is 0 Å². The number of halogens is 1. The SMILES string of the molecule is CC1CN(S(=O)(=O)c2ccc(C(=O)N(Cc3ccco3)c3nc4c(F)cccc4s3)cc2)CC(C)O1. The Morgan fingerprint density at radius 2 is 1.83 bits per heavy atom. The molecule has 36 heavy (non-hydrogen) atoms. The minimum absolute atomic E-state index is 0.0802. The molecule has 1 fully saturated rings. The summed E-state index contributed by atoms with van der Waals surface area (Å²) in [5, 5.41) is 0.310. The van der Waals surface area contributed by atoms with E-state index in [1.165, 1.54) is 57.1 Å². The Kier molecular flexibility index (Phi) is 6.64. The van der Waals surface area contributed by atoms with E-state index in [2.05, 4.69) is 4.98 Å². The second-order valence-corrected chi connectivity index (χ2v) is 11.6. The van der Waals surface area contributed by atoms with Crippen LogP contribution in [0.2, 0.25) is 0 Å². The van der Waals surface area contributed by atoms with Gasteiger partial charge < -0.3 is 9.15 Å². The predicted molar refractivity (Wildman–Crippen MR) is 134 cm³/mol. The first-order valence-corrected chi connectivity index (χ1v) is 13.6. The molecular formula is C25H24FN3O5S2. The molecule has 3 heterocycles. The maximum atomic E-state index is 14.3. The lowest BCUT2D eigenvalue weighted by Gasteiger charge is -2.34. The van der Waals surface area contributed by atoms with Crippen LogP contribution in [-0.2, 0) is 21.3 Å². The van der Waals surface area contributed by atoms with Gasteiger partial charge in [0.25, 0.3) is 5.91 Å². The minimum Gasteiger partial charge on any atom is -0.467 e. The van der Waals surface area contributed by atoms with Gasteiger partial charge in [0.1, 0.15) is 17.1 Å². The number of carbonyl (C=O) groups excluding carboxylic acids is 1. The third-order valence-corrected chi connectivity index (χ3v) is 8.74. The van der Waals surface area contributed by atoms with Gasteiger partial charge >= 0.3 is 0 Å². The zero-order chi connectivity index (χ0) is 25.4. The molecule has 0 N–H and O–H groups in total. The number of hydrogen-bond donors (Lipinski definition) is 0. The molecule has 0 aliphatic carbocycles. The molecular weight excluding hydrogens is 505 g/mol. The number of hydrogen-bond acceptors (Lipinski definition) is 7. The molecule has 2 aromatic carbocycles. The van der Waals surface area contributed by atoms with Crippen molar-refractivity contribution in [1.29, 1.82) is 0 Å². The Morgan fingerprint density at radius 3 is 2.47 bits per heavy atom. The monoisotopic (exact) mass is 529 g/mol. The Labute approximate surface area is 212 Å². The summed E-state index contributed by atoms with van der Waals surface area (Å²) >= 11 is 1.19. The van der Waals surface area contributed by atoms with Crippen molar-refractivity contribution in [2.75, 3.05) is 18.0 Å². The number of amides is 1. The number of morpholine rings is 1. The van der Waals surface area contributed by atoms with Gasteiger partial charge in [0.2, 0.25) is 10.0 Å². The zero-order valence-electron chi connectivity index (χ0n) is 19.6. The van der Waals surface area contributed by atoms with Crippen LogP contribution < -0.4 is 4.90 Å². The molecule has 0 bridgehead atoms. The van der Waals surface area contributed by atoms with Crippen LogP contribution >= 0.6 is 11.3 Å². The summed E-state index contributed by atoms with van der Waals surface area (Å²) in [6.45, 7) is 4.27. The van der Waals surface area contributed by atoms with Gasteiger partial charge in [-0.05, 0) is 62.4 Å². The highest BCUT2D eigenvalue weighted by Gasteiger charge is 2.32. The van der Waals surface area contributed by atoms with Crippen molar-refractivity contribution in [2.24, 2.45) is 0 Å². The second kappa shape index (κ2) is 9.74. The summed E-state index contributed by atoms with van der Waals surface area (Å²) in [6.07, 6.45) is 1.08. The first-order chi connectivity index (χ1) is 17.2. The first kappa shape index (κ1) is 24.6. The van der Waals surface area contributed by atoms with E-state index >= 15 is 0 Å². The molecule has 0 saturated carbocycles. The van der Waals surface area contributed by atoms with Crippen molar-refractivity contribution >= 4 is 42.6 Å². The molecule has 8 nitrogen and oxygen atoms in total. The summed E-state index contributed by atoms with van der Waals surface area (Å²) in [4.78, 5) is 19.4. The molecule has 11 heteroatoms. The van der Waals surface area contributed by atoms with Gasteiger partial charge in [-0.1, -0.05) is 17.4 Å². The number of para-hydroxylation sites is 1. The second-order valence-electron chi connectivity index (χ2n) is 8.66. The van der Waals surface area contributed by atoms with E-state index in [-0.39, 0.29) is 47.8 Å². The third kappa shape index (κ3) is 4.79. The highest BCUT2D eigenvalue weighted by molar-refractivity contribution is 7.89. The van der Waals surface area contributed by atoms with Crippen LogP contribution in [-0.4, -0.2) is 48.9 Å². The molecule has 1 amide bonds. The molecule has 4 aromatic rings. The molecule has 1 saturated heterocycles. The van der Waals surface area contributed by atoms with Gasteiger partial charge in [-0.2, -0.15) is 4.31 Å². The summed E-state index contributed by atoms with van der Waals surface area (Å²) in [6, 6.07) is 13.9. The quantitative estimate of drug-likeness (QED) is 0.360. The standard InChI is InChI=1S/C25H24FN3O5S2/c1-16-13-28(14-17(2)34-16)36(31,32)20-10-8-18(9-11-20)24(30)29(15-19-5-4-12-33-19)25-27-23-21(26)6-3-7-22(23)35-25/h3-12,16-17H,13-15H2,1-2H3. The van der Waals surface area contributed by atoms with E-state index in [1.54, 1.807) is 24.3 Å². The number of furan rings is 1. The van der Waals surface area contributed by atoms with E-state index < -0.39 is 21.7 Å². The molecule has 188 valence electrons. The van der Waals surface area contributed by atoms with Crippen LogP contribution in [0.25, 0.3) is 10.2 Å². The van der Waals surface area contributed by atoms with Crippen molar-refractivity contribution in [2.45, 2.75) is 37.5 Å². The number of fused-ring (bicyclic) bond motifs is 1. The molecule has 0 spiro atoms. The summed E-state index contributed by atoms with van der Waals surface area (Å²) < 4.78 is 53.7. The topological polar surface area (TPSA) is 93.0 Å². The van der Waals surface area contributed by atoms with E-state index in [4.69, 9.17) is 9.15 Å². The van der Waals surface area contributed by atoms with Gasteiger partial charge in [0.15, 0.2) is 5.13 Å². The van der Waals surface area contributed by atoms with Gasteiger partial charge in [0, 0.05) is 18.7 Å². The van der Waals surface area contributed by atoms with Crippen LogP contribution in [0.4, 0.5) is 9.52 Å². The van der Waals surface area contributed by atoms with Crippen molar-refractivity contribution < 1.29 is 26.8 Å². The van der Waals surface area contributed by atoms with Crippen LogP contribution in [0.5, 0.6) is 0 Å². The van der Waals surface area contributed by atoms with Crippen molar-refractivity contribution in [3.63, 3.8) is 0 Å². The average Bonchev–Trinajstić information content (AvgIpc) is 3.52. The fourth-order valence-corrected chi connectivity index (χ4v) is 6.77. The van der Waals surface area contributed by atoms with E-state index in [9.17, 15) is 17.6 Å². The minimum atomic E-state index is -3.74. The van der Waals surface area contributed by atoms with Gasteiger partial charge in [0.05, 0.1) is 34.6 Å². The predicted octanol–water partition coefficient (Wildman–Crippen LogP) is 4.67. The van der Waals surface area contributed by atoms with Gasteiger partial charge in [-0.25, -0.2) is 17.8 Å². The van der Waals surface area contributed by atoms with E-state index in [0.29, 0.717) is 15.6 Å². The Balaban J connectivity index is 1.45. The highest BCUT2D eigenvalue weighted by atomic mass is 32.2. The first-order valence-electron chi connectivity index (χ1n) is 11.4. The maximum absolute atomic E-state index is 14.3. The molecule has 2 atom stereocenters. The number of thiazole rings is 1. The summed E-state index contributed by atoms with van der Waals surface area (Å²) in [5.41, 5.74) is 0.453. The Bertz CT molecular complexity index is 1480. The molecule has 5 rings (SSSR count). The number of rotatable bonds is 6. The van der Waals surface area contributed by atoms with Crippen LogP contribution in [0, 0.1) is 5.82 Å². The lowest BCUT2D eigenvalue weighted by molar-refractivity contribution is -0.0440. The summed E-state index contributed by atoms with van der Waals surface area (Å²) in [7, 11) is -3.74. The Hall–Kier alpha value is -3.12. The molecule has 2 unspecified atom stereocenters. The van der Waals surface area contributed by atoms with Gasteiger partial charge in [-0.3, -0.25) is 9.69 Å². The lowest BCUT2D eigenvalue weighted by atomic mass is 10.2. The largest absolute Gasteiger partial charge is 0.467 e. The third-order valence-electron chi connectivity index (χ3n) is 5.85. The number of ether oxygens (including phenoxy) is 1. The summed E-state index contributed by atoms with van der Waals surface area (Å²) in [5.74, 6) is -0.358. The zero-order valence-corrected chi connectivity index (χ0v) is 21.3. The Morgan fingerprint density at radius 1 is 1.11 bits per heavy atom. The van der Waals surface area contributed by atoms with Crippen LogP contribution in [0.1, 0.15) is 30.0 Å². The fraction of sp³-hybridized carbons (Fsp3) is 0.280. The number of sulfonamides is 1. The number of anilines is 1.